The molecule has 25 heavy (non-hydrogen) atoms. The number of carbonyl (C=O) groups is 2. The molecule has 2 aromatic rings. The minimum absolute atomic E-state index is 0.309. The van der Waals surface area contributed by atoms with E-state index in [1.54, 1.807) is 29.8 Å². The number of hydrogen-bond donors (Lipinski definition) is 2. The fourth-order valence-corrected chi connectivity index (χ4v) is 2.96. The molecule has 1 aromatic heterocycles. The number of nitrogens with zero attached hydrogens (tertiary/aromatic N) is 1. The van der Waals surface area contributed by atoms with Gasteiger partial charge in [0.25, 0.3) is 11.8 Å². The lowest BCUT2D eigenvalue weighted by molar-refractivity contribution is 0.0993. The van der Waals surface area contributed by atoms with Crippen LogP contribution >= 0.6 is 0 Å². The summed E-state index contributed by atoms with van der Waals surface area (Å²) in [5.41, 5.74) is 8.62. The number of primary amides is 1. The summed E-state index contributed by atoms with van der Waals surface area (Å²) in [6, 6.07) is 7.03. The highest BCUT2D eigenvalue weighted by atomic mass is 16.5. The van der Waals surface area contributed by atoms with Crippen LogP contribution in [-0.4, -0.2) is 23.0 Å². The van der Waals surface area contributed by atoms with E-state index in [2.05, 4.69) is 5.32 Å². The van der Waals surface area contributed by atoms with Crippen molar-refractivity contribution in [3.8, 4) is 5.75 Å². The van der Waals surface area contributed by atoms with Crippen LogP contribution in [0, 0.1) is 6.92 Å². The average molecular weight is 343 g/mol. The van der Waals surface area contributed by atoms with Crippen LogP contribution < -0.4 is 15.8 Å². The number of amides is 2. The van der Waals surface area contributed by atoms with E-state index in [-0.39, 0.29) is 5.91 Å². The van der Waals surface area contributed by atoms with Crippen molar-refractivity contribution < 1.29 is 14.3 Å². The zero-order valence-corrected chi connectivity index (χ0v) is 15.2. The lowest BCUT2D eigenvalue weighted by Gasteiger charge is -2.12. The number of nitrogens with two attached hydrogens (primary N) is 1. The number of ether oxygens (including phenoxy) is 1. The van der Waals surface area contributed by atoms with Crippen LogP contribution in [0.1, 0.15) is 52.4 Å². The molecule has 0 saturated heterocycles. The predicted octanol–water partition coefficient (Wildman–Crippen LogP) is 3.04. The van der Waals surface area contributed by atoms with Crippen LogP contribution in [0.4, 0.5) is 5.69 Å². The van der Waals surface area contributed by atoms with Gasteiger partial charge < -0.3 is 20.4 Å². The molecule has 0 saturated carbocycles. The van der Waals surface area contributed by atoms with Gasteiger partial charge in [-0.2, -0.15) is 0 Å². The summed E-state index contributed by atoms with van der Waals surface area (Å²) < 4.78 is 7.26. The third kappa shape index (κ3) is 3.68. The second-order valence-electron chi connectivity index (χ2n) is 5.84. The largest absolute Gasteiger partial charge is 0.493 e. The first kappa shape index (κ1) is 18.6. The molecule has 0 atom stereocenters. The molecule has 0 aliphatic heterocycles. The third-order valence-electron chi connectivity index (χ3n) is 4.22. The van der Waals surface area contributed by atoms with E-state index in [0.29, 0.717) is 29.3 Å². The van der Waals surface area contributed by atoms with Crippen molar-refractivity contribution in [3.05, 3.63) is 46.8 Å². The Bertz CT molecular complexity index is 793. The Kier molecular flexibility index (Phi) is 5.85. The molecule has 0 aliphatic rings. The second kappa shape index (κ2) is 7.88. The van der Waals surface area contributed by atoms with Crippen LogP contribution in [0.3, 0.4) is 0 Å². The van der Waals surface area contributed by atoms with Gasteiger partial charge in [0.15, 0.2) is 0 Å². The molecule has 0 fully saturated rings. The molecule has 134 valence electrons. The maximum atomic E-state index is 12.8. The lowest BCUT2D eigenvalue weighted by Crippen LogP contribution is -2.21. The minimum atomic E-state index is -0.568. The van der Waals surface area contributed by atoms with Gasteiger partial charge in [0.05, 0.1) is 17.9 Å². The van der Waals surface area contributed by atoms with E-state index in [1.807, 2.05) is 26.8 Å². The van der Waals surface area contributed by atoms with Crippen molar-refractivity contribution in [1.29, 1.82) is 0 Å². The molecule has 1 aromatic carbocycles. The molecule has 3 N–H and O–H groups in total. The summed E-state index contributed by atoms with van der Waals surface area (Å²) in [5, 5.41) is 2.88. The van der Waals surface area contributed by atoms with E-state index in [9.17, 15) is 9.59 Å². The number of aromatic nitrogens is 1. The van der Waals surface area contributed by atoms with E-state index < -0.39 is 5.91 Å². The fraction of sp³-hybridized carbons (Fsp3) is 0.368. The number of rotatable bonds is 7. The number of para-hydroxylation sites is 1. The number of benzene rings is 1. The van der Waals surface area contributed by atoms with Crippen molar-refractivity contribution in [1.82, 2.24) is 4.57 Å². The van der Waals surface area contributed by atoms with Crippen LogP contribution in [0.2, 0.25) is 0 Å². The zero-order chi connectivity index (χ0) is 18.6. The summed E-state index contributed by atoms with van der Waals surface area (Å²) in [6.07, 6.45) is 1.64. The SMILES string of the molecule is CCCc1c(NC(=O)c2ccccc2OCC)c(C(N)=O)n(C)c1C. The molecule has 0 unspecified atom stereocenters. The van der Waals surface area contributed by atoms with Crippen molar-refractivity contribution in [2.45, 2.75) is 33.6 Å². The molecule has 0 spiro atoms. The quantitative estimate of drug-likeness (QED) is 0.810. The summed E-state index contributed by atoms with van der Waals surface area (Å²) in [7, 11) is 1.78. The van der Waals surface area contributed by atoms with Gasteiger partial charge in [0, 0.05) is 12.7 Å². The summed E-state index contributed by atoms with van der Waals surface area (Å²) in [4.78, 5) is 24.7. The Morgan fingerprint density at radius 2 is 1.92 bits per heavy atom. The van der Waals surface area contributed by atoms with Crippen molar-refractivity contribution in [3.63, 3.8) is 0 Å². The smallest absolute Gasteiger partial charge is 0.267 e. The number of hydrogen-bond acceptors (Lipinski definition) is 3. The first-order valence-corrected chi connectivity index (χ1v) is 8.43. The summed E-state index contributed by atoms with van der Waals surface area (Å²) in [5.74, 6) is -0.385. The Labute approximate surface area is 148 Å². The first-order valence-electron chi connectivity index (χ1n) is 8.43. The Hall–Kier alpha value is -2.76. The van der Waals surface area contributed by atoms with Crippen LogP contribution in [0.5, 0.6) is 5.75 Å². The number of anilines is 1. The molecule has 0 aliphatic carbocycles. The van der Waals surface area contributed by atoms with Gasteiger partial charge in [-0.05, 0) is 38.0 Å². The van der Waals surface area contributed by atoms with Gasteiger partial charge in [0.2, 0.25) is 0 Å². The van der Waals surface area contributed by atoms with Gasteiger partial charge in [0.1, 0.15) is 11.4 Å². The van der Waals surface area contributed by atoms with Gasteiger partial charge in [-0.3, -0.25) is 9.59 Å². The molecular formula is C19H25N3O3. The molecule has 1 heterocycles. The van der Waals surface area contributed by atoms with Gasteiger partial charge >= 0.3 is 0 Å². The molecule has 2 amide bonds. The Morgan fingerprint density at radius 1 is 1.24 bits per heavy atom. The van der Waals surface area contributed by atoms with Crippen LogP contribution in [-0.2, 0) is 13.5 Å². The molecule has 6 nitrogen and oxygen atoms in total. The van der Waals surface area contributed by atoms with Gasteiger partial charge in [-0.15, -0.1) is 0 Å². The standard InChI is InChI=1S/C19H25N3O3/c1-5-9-13-12(3)22(4)17(18(20)23)16(13)21-19(24)14-10-7-8-11-15(14)25-6-2/h7-8,10-11H,5-6,9H2,1-4H3,(H2,20,23)(H,21,24). The number of carbonyl (C=O) groups excluding carboxylic acids is 2. The van der Waals surface area contributed by atoms with Crippen LogP contribution in [0.25, 0.3) is 0 Å². The molecule has 0 radical (unpaired) electrons. The third-order valence-corrected chi connectivity index (χ3v) is 4.22. The molecule has 6 heteroatoms. The maximum absolute atomic E-state index is 12.8. The van der Waals surface area contributed by atoms with Gasteiger partial charge in [-0.1, -0.05) is 25.5 Å². The Balaban J connectivity index is 2.48. The summed E-state index contributed by atoms with van der Waals surface area (Å²) >= 11 is 0. The Morgan fingerprint density at radius 3 is 2.52 bits per heavy atom. The monoisotopic (exact) mass is 343 g/mol. The summed E-state index contributed by atoms with van der Waals surface area (Å²) in [6.45, 7) is 6.29. The van der Waals surface area contributed by atoms with E-state index in [0.717, 1.165) is 24.1 Å². The fourth-order valence-electron chi connectivity index (χ4n) is 2.96. The highest BCUT2D eigenvalue weighted by Gasteiger charge is 2.24. The minimum Gasteiger partial charge on any atom is -0.493 e. The average Bonchev–Trinajstić information content (AvgIpc) is 2.80. The van der Waals surface area contributed by atoms with Crippen molar-refractivity contribution in [2.75, 3.05) is 11.9 Å². The molecule has 2 rings (SSSR count). The number of nitrogens with one attached hydrogen (secondary N) is 1. The van der Waals surface area contributed by atoms with E-state index in [4.69, 9.17) is 10.5 Å². The molecular weight excluding hydrogens is 318 g/mol. The van der Waals surface area contributed by atoms with Crippen molar-refractivity contribution in [2.24, 2.45) is 12.8 Å². The second-order valence-corrected chi connectivity index (χ2v) is 5.84. The lowest BCUT2D eigenvalue weighted by atomic mass is 10.1. The zero-order valence-electron chi connectivity index (χ0n) is 15.2. The van der Waals surface area contributed by atoms with E-state index in [1.165, 1.54) is 0 Å². The molecule has 0 bridgehead atoms. The maximum Gasteiger partial charge on any atom is 0.267 e. The van der Waals surface area contributed by atoms with E-state index >= 15 is 0 Å². The van der Waals surface area contributed by atoms with Crippen LogP contribution in [0.15, 0.2) is 24.3 Å². The van der Waals surface area contributed by atoms with Crippen molar-refractivity contribution >= 4 is 17.5 Å². The first-order chi connectivity index (χ1) is 11.9. The highest BCUT2D eigenvalue weighted by molar-refractivity contribution is 6.10. The predicted molar refractivity (Wildman–Crippen MR) is 98.2 cm³/mol. The highest BCUT2D eigenvalue weighted by Crippen LogP contribution is 2.30. The normalized spacial score (nSPS) is 10.6. The topological polar surface area (TPSA) is 86.3 Å². The van der Waals surface area contributed by atoms with Gasteiger partial charge in [-0.25, -0.2) is 0 Å².